The molecule has 2 N–H and O–H groups in total. The van der Waals surface area contributed by atoms with Crippen LogP contribution in [0.5, 0.6) is 11.5 Å². The molecule has 146 valence electrons. The van der Waals surface area contributed by atoms with E-state index in [1.807, 2.05) is 6.07 Å². The Labute approximate surface area is 169 Å². The molecule has 0 spiro atoms. The number of aromatic amines is 1. The number of phenolic OH excluding ortho intramolecular Hbond substituents is 1. The predicted octanol–water partition coefficient (Wildman–Crippen LogP) is 3.17. The molecule has 0 aliphatic rings. The molecule has 0 unspecified atom stereocenters. The largest absolute Gasteiger partial charge is 0.507 e. The van der Waals surface area contributed by atoms with Gasteiger partial charge in [0.05, 0.1) is 24.7 Å². The summed E-state index contributed by atoms with van der Waals surface area (Å²) in [4.78, 5) is 31.6. The SMILES string of the molecule is COc1ccc(-c2ccc3c(=O)[nH]c(=O)n(Cc4ccccc4Cl)c3n2)c(O)c1. The molecule has 4 aromatic rings. The molecule has 2 aromatic heterocycles. The molecule has 0 fully saturated rings. The van der Waals surface area contributed by atoms with Gasteiger partial charge in [-0.05, 0) is 35.9 Å². The second-order valence-electron chi connectivity index (χ2n) is 6.39. The number of aromatic nitrogens is 3. The number of ether oxygens (including phenoxy) is 1. The van der Waals surface area contributed by atoms with E-state index in [0.29, 0.717) is 27.6 Å². The summed E-state index contributed by atoms with van der Waals surface area (Å²) in [7, 11) is 1.50. The quantitative estimate of drug-likeness (QED) is 0.539. The highest BCUT2D eigenvalue weighted by Gasteiger charge is 2.14. The molecule has 0 amide bonds. The first-order valence-electron chi connectivity index (χ1n) is 8.72. The number of fused-ring (bicyclic) bond motifs is 1. The third kappa shape index (κ3) is 3.48. The molecular formula is C21H16ClN3O4. The summed E-state index contributed by atoms with van der Waals surface area (Å²) >= 11 is 6.23. The van der Waals surface area contributed by atoms with Crippen molar-refractivity contribution < 1.29 is 9.84 Å². The minimum atomic E-state index is -0.592. The molecule has 0 saturated heterocycles. The minimum Gasteiger partial charge on any atom is -0.507 e. The second-order valence-corrected chi connectivity index (χ2v) is 6.79. The zero-order valence-electron chi connectivity index (χ0n) is 15.3. The van der Waals surface area contributed by atoms with Gasteiger partial charge in [-0.2, -0.15) is 0 Å². The van der Waals surface area contributed by atoms with Crippen molar-refractivity contribution in [1.29, 1.82) is 0 Å². The summed E-state index contributed by atoms with van der Waals surface area (Å²) in [6, 6.07) is 15.1. The lowest BCUT2D eigenvalue weighted by Gasteiger charge is -2.12. The van der Waals surface area contributed by atoms with Crippen molar-refractivity contribution in [2.75, 3.05) is 7.11 Å². The van der Waals surface area contributed by atoms with Crippen LogP contribution in [0.1, 0.15) is 5.56 Å². The standard InChI is InChI=1S/C21H16ClN3O4/c1-29-13-6-7-14(18(26)10-13)17-9-8-15-19(23-17)25(21(28)24-20(15)27)11-12-4-2-3-5-16(12)22/h2-10,26H,11H2,1H3,(H,24,27,28). The number of nitrogens with one attached hydrogen (secondary N) is 1. The van der Waals surface area contributed by atoms with E-state index in [1.54, 1.807) is 42.5 Å². The summed E-state index contributed by atoms with van der Waals surface area (Å²) in [6.07, 6.45) is 0. The van der Waals surface area contributed by atoms with Crippen LogP contribution in [0, 0.1) is 0 Å². The summed E-state index contributed by atoms with van der Waals surface area (Å²) in [5.41, 5.74) is 0.653. The first kappa shape index (κ1) is 18.8. The molecule has 2 heterocycles. The average molecular weight is 410 g/mol. The molecule has 2 aromatic carbocycles. The Morgan fingerprint density at radius 2 is 1.93 bits per heavy atom. The van der Waals surface area contributed by atoms with Gasteiger partial charge in [0.2, 0.25) is 0 Å². The fourth-order valence-electron chi connectivity index (χ4n) is 3.11. The van der Waals surface area contributed by atoms with E-state index >= 15 is 0 Å². The first-order valence-corrected chi connectivity index (χ1v) is 9.10. The fourth-order valence-corrected chi connectivity index (χ4v) is 3.30. The van der Waals surface area contributed by atoms with Crippen molar-refractivity contribution in [3.8, 4) is 22.8 Å². The Morgan fingerprint density at radius 3 is 2.66 bits per heavy atom. The summed E-state index contributed by atoms with van der Waals surface area (Å²) in [5.74, 6) is 0.472. The van der Waals surface area contributed by atoms with Gasteiger partial charge in [-0.15, -0.1) is 0 Å². The van der Waals surface area contributed by atoms with Gasteiger partial charge in [0.15, 0.2) is 5.65 Å². The number of rotatable bonds is 4. The van der Waals surface area contributed by atoms with Gasteiger partial charge < -0.3 is 9.84 Å². The second kappa shape index (κ2) is 7.44. The van der Waals surface area contributed by atoms with Gasteiger partial charge in [-0.1, -0.05) is 29.8 Å². The van der Waals surface area contributed by atoms with Crippen LogP contribution in [0.15, 0.2) is 64.2 Å². The Hall–Kier alpha value is -3.58. The normalized spacial score (nSPS) is 11.0. The fraction of sp³-hybridized carbons (Fsp3) is 0.0952. The van der Waals surface area contributed by atoms with E-state index in [-0.39, 0.29) is 23.3 Å². The van der Waals surface area contributed by atoms with Crippen molar-refractivity contribution in [1.82, 2.24) is 14.5 Å². The summed E-state index contributed by atoms with van der Waals surface area (Å²) in [5, 5.41) is 11.1. The molecule has 0 saturated carbocycles. The Morgan fingerprint density at radius 1 is 1.14 bits per heavy atom. The molecule has 0 bridgehead atoms. The lowest BCUT2D eigenvalue weighted by atomic mass is 10.1. The van der Waals surface area contributed by atoms with Crippen molar-refractivity contribution in [3.63, 3.8) is 0 Å². The van der Waals surface area contributed by atoms with E-state index in [0.717, 1.165) is 0 Å². The Balaban J connectivity index is 1.92. The number of aromatic hydroxyl groups is 1. The number of halogens is 1. The van der Waals surface area contributed by atoms with Gasteiger partial charge in [0.25, 0.3) is 5.56 Å². The highest BCUT2D eigenvalue weighted by atomic mass is 35.5. The lowest BCUT2D eigenvalue weighted by Crippen LogP contribution is -2.31. The van der Waals surface area contributed by atoms with Gasteiger partial charge in [0.1, 0.15) is 11.5 Å². The van der Waals surface area contributed by atoms with Gasteiger partial charge in [-0.3, -0.25) is 14.3 Å². The number of methoxy groups -OCH3 is 1. The first-order chi connectivity index (χ1) is 14.0. The molecule has 0 aliphatic carbocycles. The van der Waals surface area contributed by atoms with Crippen LogP contribution in [0.2, 0.25) is 5.02 Å². The lowest BCUT2D eigenvalue weighted by molar-refractivity contribution is 0.408. The topological polar surface area (TPSA) is 97.2 Å². The van der Waals surface area contributed by atoms with Crippen LogP contribution < -0.4 is 16.0 Å². The summed E-state index contributed by atoms with van der Waals surface area (Å²) in [6.45, 7) is 0.136. The molecule has 0 aliphatic heterocycles. The number of phenols is 1. The maximum Gasteiger partial charge on any atom is 0.330 e. The number of pyridine rings is 1. The van der Waals surface area contributed by atoms with Crippen LogP contribution in [0.25, 0.3) is 22.3 Å². The number of hydrogen-bond acceptors (Lipinski definition) is 5. The number of hydrogen-bond donors (Lipinski definition) is 2. The van der Waals surface area contributed by atoms with Crippen LogP contribution in [-0.4, -0.2) is 26.8 Å². The van der Waals surface area contributed by atoms with Gasteiger partial charge in [0, 0.05) is 16.7 Å². The monoisotopic (exact) mass is 409 g/mol. The third-order valence-corrected chi connectivity index (χ3v) is 4.98. The third-order valence-electron chi connectivity index (χ3n) is 4.61. The number of H-pyrrole nitrogens is 1. The van der Waals surface area contributed by atoms with Crippen LogP contribution in [-0.2, 0) is 6.54 Å². The molecule has 8 heteroatoms. The van der Waals surface area contributed by atoms with Crippen LogP contribution in [0.3, 0.4) is 0 Å². The zero-order chi connectivity index (χ0) is 20.5. The van der Waals surface area contributed by atoms with E-state index < -0.39 is 11.2 Å². The molecule has 0 radical (unpaired) electrons. The molecule has 29 heavy (non-hydrogen) atoms. The molecular weight excluding hydrogens is 394 g/mol. The Kier molecular flexibility index (Phi) is 4.82. The highest BCUT2D eigenvalue weighted by molar-refractivity contribution is 6.31. The van der Waals surface area contributed by atoms with Gasteiger partial charge in [-0.25, -0.2) is 9.78 Å². The molecule has 4 rings (SSSR count). The summed E-state index contributed by atoms with van der Waals surface area (Å²) < 4.78 is 6.45. The van der Waals surface area contributed by atoms with Crippen molar-refractivity contribution in [2.24, 2.45) is 0 Å². The maximum atomic E-state index is 12.5. The minimum absolute atomic E-state index is 0.0268. The molecule has 7 nitrogen and oxygen atoms in total. The zero-order valence-corrected chi connectivity index (χ0v) is 16.1. The van der Waals surface area contributed by atoms with Crippen LogP contribution in [0.4, 0.5) is 0 Å². The van der Waals surface area contributed by atoms with Crippen LogP contribution >= 0.6 is 11.6 Å². The number of benzene rings is 2. The highest BCUT2D eigenvalue weighted by Crippen LogP contribution is 2.31. The maximum absolute atomic E-state index is 12.5. The average Bonchev–Trinajstić information content (AvgIpc) is 2.71. The van der Waals surface area contributed by atoms with E-state index in [4.69, 9.17) is 16.3 Å². The van der Waals surface area contributed by atoms with Crippen molar-refractivity contribution in [2.45, 2.75) is 6.54 Å². The number of nitrogens with zero attached hydrogens (tertiary/aromatic N) is 2. The van der Waals surface area contributed by atoms with E-state index in [1.165, 1.54) is 17.7 Å². The Bertz CT molecular complexity index is 1340. The van der Waals surface area contributed by atoms with E-state index in [2.05, 4.69) is 9.97 Å². The van der Waals surface area contributed by atoms with Crippen molar-refractivity contribution >= 4 is 22.6 Å². The predicted molar refractivity (Wildman–Crippen MR) is 111 cm³/mol. The molecule has 0 atom stereocenters. The van der Waals surface area contributed by atoms with Crippen molar-refractivity contribution in [3.05, 3.63) is 86.0 Å². The smallest absolute Gasteiger partial charge is 0.330 e. The van der Waals surface area contributed by atoms with Gasteiger partial charge >= 0.3 is 5.69 Å². The van der Waals surface area contributed by atoms with E-state index in [9.17, 15) is 14.7 Å².